The first-order valence-electron chi connectivity index (χ1n) is 5.57. The second-order valence-electron chi connectivity index (χ2n) is 4.04. The van der Waals surface area contributed by atoms with Crippen LogP contribution in [0.5, 0.6) is 0 Å². The Hall–Kier alpha value is -1.33. The molecule has 1 unspecified atom stereocenters. The number of hydrogen-bond acceptors (Lipinski definition) is 5. The van der Waals surface area contributed by atoms with Crippen molar-refractivity contribution in [2.24, 2.45) is 0 Å². The first-order valence-corrected chi connectivity index (χ1v) is 6.38. The molecule has 0 aliphatic carbocycles. The highest BCUT2D eigenvalue weighted by Gasteiger charge is 2.13. The lowest BCUT2D eigenvalue weighted by molar-refractivity contribution is 0.640. The van der Waals surface area contributed by atoms with E-state index in [1.807, 2.05) is 27.0 Å². The Labute approximate surface area is 105 Å². The van der Waals surface area contributed by atoms with Gasteiger partial charge in [-0.25, -0.2) is 0 Å². The minimum atomic E-state index is 0.236. The largest absolute Gasteiger partial charge is 0.311 e. The van der Waals surface area contributed by atoms with Crippen LogP contribution < -0.4 is 5.32 Å². The highest BCUT2D eigenvalue weighted by molar-refractivity contribution is 7.14. The molecule has 1 N–H and O–H groups in total. The second-order valence-corrected chi connectivity index (χ2v) is 5.05. The molecule has 5 heteroatoms. The summed E-state index contributed by atoms with van der Waals surface area (Å²) < 4.78 is 0. The summed E-state index contributed by atoms with van der Waals surface area (Å²) in [6.07, 6.45) is 0. The van der Waals surface area contributed by atoms with E-state index in [0.29, 0.717) is 0 Å². The summed E-state index contributed by atoms with van der Waals surface area (Å²) in [5, 5.41) is 13.5. The van der Waals surface area contributed by atoms with Crippen molar-refractivity contribution in [2.75, 3.05) is 7.05 Å². The summed E-state index contributed by atoms with van der Waals surface area (Å²) >= 11 is 1.61. The molecular weight excluding hydrogens is 232 g/mol. The van der Waals surface area contributed by atoms with E-state index in [1.54, 1.807) is 11.3 Å². The summed E-state index contributed by atoms with van der Waals surface area (Å²) in [7, 11) is 1.92. The Morgan fingerprint density at radius 2 is 2.00 bits per heavy atom. The SMILES string of the molecule is CNC(C)c1nnc(-c2ccc(C)nc2C)s1. The van der Waals surface area contributed by atoms with Gasteiger partial charge in [-0.3, -0.25) is 4.98 Å². The zero-order valence-corrected chi connectivity index (χ0v) is 11.3. The lowest BCUT2D eigenvalue weighted by atomic mass is 10.2. The molecule has 2 aromatic heterocycles. The van der Waals surface area contributed by atoms with Gasteiger partial charge in [0.15, 0.2) is 0 Å². The van der Waals surface area contributed by atoms with Crippen LogP contribution >= 0.6 is 11.3 Å². The molecule has 0 aromatic carbocycles. The topological polar surface area (TPSA) is 50.7 Å². The average Bonchev–Trinajstić information content (AvgIpc) is 2.77. The number of aromatic nitrogens is 3. The van der Waals surface area contributed by atoms with Gasteiger partial charge in [-0.2, -0.15) is 0 Å². The first-order chi connectivity index (χ1) is 8.11. The maximum absolute atomic E-state index is 4.45. The minimum absolute atomic E-state index is 0.236. The molecule has 0 fully saturated rings. The highest BCUT2D eigenvalue weighted by atomic mass is 32.1. The quantitative estimate of drug-likeness (QED) is 0.906. The molecule has 0 bridgehead atoms. The van der Waals surface area contributed by atoms with Gasteiger partial charge in [0.05, 0.1) is 6.04 Å². The van der Waals surface area contributed by atoms with Crippen LogP contribution in [0, 0.1) is 13.8 Å². The fraction of sp³-hybridized carbons (Fsp3) is 0.417. The van der Waals surface area contributed by atoms with Crippen molar-refractivity contribution in [3.8, 4) is 10.6 Å². The van der Waals surface area contributed by atoms with Crippen molar-refractivity contribution < 1.29 is 0 Å². The third kappa shape index (κ3) is 2.50. The molecule has 2 heterocycles. The van der Waals surface area contributed by atoms with Crippen molar-refractivity contribution in [2.45, 2.75) is 26.8 Å². The molecule has 0 saturated carbocycles. The molecule has 2 aromatic rings. The molecule has 1 atom stereocenters. The predicted octanol–water partition coefficient (Wildman–Crippen LogP) is 2.50. The summed E-state index contributed by atoms with van der Waals surface area (Å²) in [5.74, 6) is 0. The van der Waals surface area contributed by atoms with E-state index in [0.717, 1.165) is 27.0 Å². The van der Waals surface area contributed by atoms with Crippen LogP contribution in [0.3, 0.4) is 0 Å². The van der Waals surface area contributed by atoms with Gasteiger partial charge in [0.1, 0.15) is 10.0 Å². The average molecular weight is 248 g/mol. The molecule has 2 rings (SSSR count). The van der Waals surface area contributed by atoms with E-state index in [1.165, 1.54) is 0 Å². The van der Waals surface area contributed by atoms with Gasteiger partial charge >= 0.3 is 0 Å². The van der Waals surface area contributed by atoms with Gasteiger partial charge in [-0.1, -0.05) is 11.3 Å². The summed E-state index contributed by atoms with van der Waals surface area (Å²) in [4.78, 5) is 4.45. The Balaban J connectivity index is 2.37. The predicted molar refractivity (Wildman–Crippen MR) is 70.1 cm³/mol. The number of pyridine rings is 1. The zero-order valence-electron chi connectivity index (χ0n) is 10.5. The maximum Gasteiger partial charge on any atom is 0.149 e. The van der Waals surface area contributed by atoms with Crippen molar-refractivity contribution in [3.63, 3.8) is 0 Å². The van der Waals surface area contributed by atoms with E-state index in [4.69, 9.17) is 0 Å². The lowest BCUT2D eigenvalue weighted by Gasteiger charge is -2.03. The monoisotopic (exact) mass is 248 g/mol. The molecule has 0 spiro atoms. The van der Waals surface area contributed by atoms with E-state index in [2.05, 4.69) is 33.5 Å². The van der Waals surface area contributed by atoms with Crippen LogP contribution in [0.15, 0.2) is 12.1 Å². The van der Waals surface area contributed by atoms with Crippen molar-refractivity contribution in [1.82, 2.24) is 20.5 Å². The van der Waals surface area contributed by atoms with Gasteiger partial charge in [0.2, 0.25) is 0 Å². The van der Waals surface area contributed by atoms with Crippen LogP contribution in [-0.2, 0) is 0 Å². The second kappa shape index (κ2) is 4.89. The third-order valence-electron chi connectivity index (χ3n) is 2.70. The normalized spacial score (nSPS) is 12.7. The van der Waals surface area contributed by atoms with Crippen LogP contribution in [0.1, 0.15) is 29.4 Å². The van der Waals surface area contributed by atoms with E-state index < -0.39 is 0 Å². The van der Waals surface area contributed by atoms with E-state index >= 15 is 0 Å². The standard InChI is InChI=1S/C12H16N4S/c1-7-5-6-10(8(2)14-7)12-16-15-11(17-12)9(3)13-4/h5-6,9,13H,1-4H3. The number of nitrogens with zero attached hydrogens (tertiary/aromatic N) is 3. The minimum Gasteiger partial charge on any atom is -0.311 e. The van der Waals surface area contributed by atoms with Crippen LogP contribution in [0.25, 0.3) is 10.6 Å². The number of aryl methyl sites for hydroxylation is 2. The van der Waals surface area contributed by atoms with Crippen molar-refractivity contribution in [1.29, 1.82) is 0 Å². The number of hydrogen-bond donors (Lipinski definition) is 1. The van der Waals surface area contributed by atoms with Crippen molar-refractivity contribution in [3.05, 3.63) is 28.5 Å². The molecule has 0 radical (unpaired) electrons. The molecule has 4 nitrogen and oxygen atoms in total. The Kier molecular flexibility index (Phi) is 3.49. The maximum atomic E-state index is 4.45. The van der Waals surface area contributed by atoms with Gasteiger partial charge in [0.25, 0.3) is 0 Å². The highest BCUT2D eigenvalue weighted by Crippen LogP contribution is 2.28. The number of rotatable bonds is 3. The van der Waals surface area contributed by atoms with E-state index in [-0.39, 0.29) is 6.04 Å². The summed E-state index contributed by atoms with van der Waals surface area (Å²) in [5.41, 5.74) is 3.10. The third-order valence-corrected chi connectivity index (χ3v) is 3.84. The molecular formula is C12H16N4S. The molecule has 0 aliphatic rings. The molecule has 0 aliphatic heterocycles. The van der Waals surface area contributed by atoms with Gasteiger partial charge in [0, 0.05) is 17.0 Å². The van der Waals surface area contributed by atoms with Crippen LogP contribution in [0.2, 0.25) is 0 Å². The van der Waals surface area contributed by atoms with Crippen molar-refractivity contribution >= 4 is 11.3 Å². The van der Waals surface area contributed by atoms with Gasteiger partial charge in [-0.05, 0) is 40.0 Å². The van der Waals surface area contributed by atoms with Crippen LogP contribution in [0.4, 0.5) is 0 Å². The summed E-state index contributed by atoms with van der Waals surface area (Å²) in [6.45, 7) is 6.07. The first kappa shape index (κ1) is 12.1. The fourth-order valence-corrected chi connectivity index (χ4v) is 2.54. The Morgan fingerprint density at radius 3 is 2.65 bits per heavy atom. The number of nitrogens with one attached hydrogen (secondary N) is 1. The van der Waals surface area contributed by atoms with Gasteiger partial charge < -0.3 is 5.32 Å². The zero-order chi connectivity index (χ0) is 12.4. The molecule has 90 valence electrons. The Morgan fingerprint density at radius 1 is 1.24 bits per heavy atom. The van der Waals surface area contributed by atoms with Crippen LogP contribution in [-0.4, -0.2) is 22.2 Å². The molecule has 17 heavy (non-hydrogen) atoms. The van der Waals surface area contributed by atoms with E-state index in [9.17, 15) is 0 Å². The smallest absolute Gasteiger partial charge is 0.149 e. The summed E-state index contributed by atoms with van der Waals surface area (Å²) in [6, 6.07) is 4.30. The fourth-order valence-electron chi connectivity index (χ4n) is 1.55. The lowest BCUT2D eigenvalue weighted by Crippen LogP contribution is -2.11. The Bertz CT molecular complexity index is 521. The van der Waals surface area contributed by atoms with Gasteiger partial charge in [-0.15, -0.1) is 10.2 Å². The molecule has 0 saturated heterocycles. The molecule has 0 amide bonds.